The van der Waals surface area contributed by atoms with Crippen LogP contribution in [0.4, 0.5) is 0 Å². The lowest BCUT2D eigenvalue weighted by Gasteiger charge is -2.07. The second-order valence-corrected chi connectivity index (χ2v) is 6.26. The van der Waals surface area contributed by atoms with Crippen molar-refractivity contribution in [2.24, 2.45) is 5.10 Å². The van der Waals surface area contributed by atoms with Crippen LogP contribution in [0.15, 0.2) is 47.6 Å². The minimum Gasteiger partial charge on any atom is -0.484 e. The molecule has 0 aliphatic carbocycles. The van der Waals surface area contributed by atoms with E-state index in [4.69, 9.17) is 39.5 Å². The number of rotatable bonds is 7. The monoisotopic (exact) mass is 413 g/mol. The number of hydrogen-bond acceptors (Lipinski definition) is 4. The molecule has 6 nitrogen and oxygen atoms in total. The summed E-state index contributed by atoms with van der Waals surface area (Å²) in [5, 5.41) is 7.65. The third kappa shape index (κ3) is 6.92. The molecule has 0 aromatic heterocycles. The van der Waals surface area contributed by atoms with Crippen molar-refractivity contribution in [1.82, 2.24) is 10.7 Å². The van der Waals surface area contributed by atoms with Gasteiger partial charge in [-0.3, -0.25) is 9.59 Å². The highest BCUT2D eigenvalue weighted by atomic mass is 35.5. The largest absolute Gasteiger partial charge is 0.484 e. The van der Waals surface area contributed by atoms with Crippen molar-refractivity contribution in [3.8, 4) is 5.75 Å². The van der Waals surface area contributed by atoms with E-state index in [-0.39, 0.29) is 13.2 Å². The fourth-order valence-electron chi connectivity index (χ4n) is 1.73. The molecular weight excluding hydrogens is 401 g/mol. The van der Waals surface area contributed by atoms with Gasteiger partial charge in [0.25, 0.3) is 11.8 Å². The van der Waals surface area contributed by atoms with Crippen molar-refractivity contribution in [3.63, 3.8) is 0 Å². The van der Waals surface area contributed by atoms with Crippen molar-refractivity contribution in [1.29, 1.82) is 0 Å². The molecule has 0 radical (unpaired) electrons. The Kier molecular flexibility index (Phi) is 7.72. The lowest BCUT2D eigenvalue weighted by molar-refractivity contribution is -0.127. The summed E-state index contributed by atoms with van der Waals surface area (Å²) in [7, 11) is 0. The van der Waals surface area contributed by atoms with Crippen LogP contribution in [-0.4, -0.2) is 31.2 Å². The van der Waals surface area contributed by atoms with E-state index in [1.165, 1.54) is 6.21 Å². The zero-order chi connectivity index (χ0) is 18.9. The molecule has 2 rings (SSSR count). The molecule has 0 spiro atoms. The van der Waals surface area contributed by atoms with Crippen molar-refractivity contribution in [3.05, 3.63) is 63.1 Å². The van der Waals surface area contributed by atoms with E-state index < -0.39 is 11.8 Å². The van der Waals surface area contributed by atoms with Gasteiger partial charge in [-0.25, -0.2) is 5.43 Å². The first-order chi connectivity index (χ1) is 12.4. The average molecular weight is 415 g/mol. The summed E-state index contributed by atoms with van der Waals surface area (Å²) in [6.07, 6.45) is 1.38. The van der Waals surface area contributed by atoms with Crippen molar-refractivity contribution >= 4 is 52.8 Å². The van der Waals surface area contributed by atoms with Gasteiger partial charge in [0.15, 0.2) is 6.61 Å². The van der Waals surface area contributed by atoms with Gasteiger partial charge in [0.1, 0.15) is 5.75 Å². The number of nitrogens with one attached hydrogen (secondary N) is 2. The molecule has 2 amide bonds. The zero-order valence-corrected chi connectivity index (χ0v) is 15.6. The number of amides is 2. The summed E-state index contributed by atoms with van der Waals surface area (Å²) in [6.45, 7) is -0.465. The number of halogens is 3. The second-order valence-electron chi connectivity index (χ2n) is 4.98. The number of nitrogens with zero attached hydrogens (tertiary/aromatic N) is 1. The number of hydrogen-bond donors (Lipinski definition) is 2. The third-order valence-electron chi connectivity index (χ3n) is 2.99. The maximum Gasteiger partial charge on any atom is 0.259 e. The van der Waals surface area contributed by atoms with Gasteiger partial charge in [0.2, 0.25) is 0 Å². The van der Waals surface area contributed by atoms with Crippen LogP contribution in [0.2, 0.25) is 15.1 Å². The summed E-state index contributed by atoms with van der Waals surface area (Å²) in [5.41, 5.74) is 2.87. The van der Waals surface area contributed by atoms with E-state index >= 15 is 0 Å². The molecule has 2 aromatic carbocycles. The van der Waals surface area contributed by atoms with Gasteiger partial charge in [-0.2, -0.15) is 5.10 Å². The van der Waals surface area contributed by atoms with Gasteiger partial charge in [-0.1, -0.05) is 40.9 Å². The molecule has 2 aromatic rings. The molecular formula is C17H14Cl3N3O3. The lowest BCUT2D eigenvalue weighted by Crippen LogP contribution is -2.37. The summed E-state index contributed by atoms with van der Waals surface area (Å²) >= 11 is 17.5. The summed E-state index contributed by atoms with van der Waals surface area (Å²) < 4.78 is 5.26. The number of carbonyl (C=O) groups excluding carboxylic acids is 2. The predicted octanol–water partition coefficient (Wildman–Crippen LogP) is 3.29. The molecule has 9 heteroatoms. The highest BCUT2D eigenvalue weighted by Crippen LogP contribution is 2.19. The van der Waals surface area contributed by atoms with E-state index in [9.17, 15) is 9.59 Å². The van der Waals surface area contributed by atoms with Crippen LogP contribution in [0.3, 0.4) is 0 Å². The molecule has 0 saturated carbocycles. The Labute approximate surface area is 165 Å². The van der Waals surface area contributed by atoms with E-state index in [0.717, 1.165) is 0 Å². The van der Waals surface area contributed by atoms with E-state index in [2.05, 4.69) is 15.8 Å². The zero-order valence-electron chi connectivity index (χ0n) is 13.3. The molecule has 26 heavy (non-hydrogen) atoms. The molecule has 0 atom stereocenters. The van der Waals surface area contributed by atoms with Crippen molar-refractivity contribution in [2.45, 2.75) is 0 Å². The Balaban J connectivity index is 1.69. The lowest BCUT2D eigenvalue weighted by atomic mass is 10.2. The summed E-state index contributed by atoms with van der Waals surface area (Å²) in [4.78, 5) is 23.3. The Morgan fingerprint density at radius 1 is 1.00 bits per heavy atom. The minimum absolute atomic E-state index is 0.224. The van der Waals surface area contributed by atoms with Gasteiger partial charge < -0.3 is 10.1 Å². The van der Waals surface area contributed by atoms with E-state index in [1.54, 1.807) is 42.5 Å². The van der Waals surface area contributed by atoms with E-state index in [0.29, 0.717) is 26.4 Å². The first-order valence-electron chi connectivity index (χ1n) is 7.36. The highest BCUT2D eigenvalue weighted by molar-refractivity contribution is 6.36. The van der Waals surface area contributed by atoms with Crippen LogP contribution < -0.4 is 15.5 Å². The van der Waals surface area contributed by atoms with Crippen LogP contribution in [0.5, 0.6) is 5.75 Å². The van der Waals surface area contributed by atoms with Gasteiger partial charge in [0.05, 0.1) is 17.8 Å². The number of ether oxygens (including phenoxy) is 1. The number of hydrazone groups is 1. The number of carbonyl (C=O) groups is 2. The Hall–Kier alpha value is -2.28. The third-order valence-corrected chi connectivity index (χ3v) is 3.80. The maximum absolute atomic E-state index is 11.6. The summed E-state index contributed by atoms with van der Waals surface area (Å²) in [6, 6.07) is 11.4. The molecule has 0 saturated heterocycles. The van der Waals surface area contributed by atoms with Crippen LogP contribution in [-0.2, 0) is 9.59 Å². The maximum atomic E-state index is 11.6. The molecule has 0 aliphatic rings. The quantitative estimate of drug-likeness (QED) is 0.539. The molecule has 0 bridgehead atoms. The van der Waals surface area contributed by atoms with Crippen LogP contribution in [0.1, 0.15) is 5.56 Å². The molecule has 2 N–H and O–H groups in total. The molecule has 0 unspecified atom stereocenters. The van der Waals surface area contributed by atoms with Crippen LogP contribution >= 0.6 is 34.8 Å². The average Bonchev–Trinajstić information content (AvgIpc) is 2.61. The molecule has 0 aliphatic heterocycles. The topological polar surface area (TPSA) is 79.8 Å². The van der Waals surface area contributed by atoms with Crippen molar-refractivity contribution in [2.75, 3.05) is 13.2 Å². The standard InChI is InChI=1S/C17H14Cl3N3O3/c18-12-3-5-14(6-4-12)26-10-17(25)21-9-16(24)23-22-8-11-1-2-13(19)7-15(11)20/h1-8H,9-10H2,(H,21,25)(H,23,24)/b22-8+. The fraction of sp³-hybridized carbons (Fsp3) is 0.118. The van der Waals surface area contributed by atoms with E-state index in [1.807, 2.05) is 0 Å². The van der Waals surface area contributed by atoms with Gasteiger partial charge >= 0.3 is 0 Å². The Bertz CT molecular complexity index is 811. The first kappa shape index (κ1) is 20.0. The highest BCUT2D eigenvalue weighted by Gasteiger charge is 2.06. The summed E-state index contributed by atoms with van der Waals surface area (Å²) in [5.74, 6) is -0.440. The van der Waals surface area contributed by atoms with Gasteiger partial charge in [-0.15, -0.1) is 0 Å². The minimum atomic E-state index is -0.494. The Morgan fingerprint density at radius 2 is 1.69 bits per heavy atom. The molecule has 0 fully saturated rings. The fourth-order valence-corrected chi connectivity index (χ4v) is 2.31. The van der Waals surface area contributed by atoms with Gasteiger partial charge in [0, 0.05) is 15.6 Å². The Morgan fingerprint density at radius 3 is 2.38 bits per heavy atom. The molecule has 136 valence electrons. The molecule has 0 heterocycles. The second kappa shape index (κ2) is 10.0. The van der Waals surface area contributed by atoms with Crippen LogP contribution in [0, 0.1) is 0 Å². The van der Waals surface area contributed by atoms with Crippen LogP contribution in [0.25, 0.3) is 0 Å². The SMILES string of the molecule is O=C(COc1ccc(Cl)cc1)NCC(=O)N/N=C/c1ccc(Cl)cc1Cl. The first-order valence-corrected chi connectivity index (χ1v) is 8.49. The normalized spacial score (nSPS) is 10.6. The predicted molar refractivity (Wildman–Crippen MR) is 102 cm³/mol. The van der Waals surface area contributed by atoms with Gasteiger partial charge in [-0.05, 0) is 36.4 Å². The number of benzene rings is 2. The smallest absolute Gasteiger partial charge is 0.259 e. The van der Waals surface area contributed by atoms with Crippen molar-refractivity contribution < 1.29 is 14.3 Å².